The maximum atomic E-state index is 11.8. The average Bonchev–Trinajstić information content (AvgIpc) is 2.37. The topological polar surface area (TPSA) is 185 Å². The fourth-order valence-electron chi connectivity index (χ4n) is 1.32. The van der Waals surface area contributed by atoms with Crippen molar-refractivity contribution in [1.82, 2.24) is 9.55 Å². The Morgan fingerprint density at radius 2 is 2.14 bits per heavy atom. The first-order chi connectivity index (χ1) is 9.65. The quantitative estimate of drug-likeness (QED) is 0.245. The fraction of sp³-hybridized carbons (Fsp3) is 0.444. The Hall–Kier alpha value is -0.620. The summed E-state index contributed by atoms with van der Waals surface area (Å²) in [5, 5.41) is 18.7. The normalized spacial score (nSPS) is 14.0. The van der Waals surface area contributed by atoms with Gasteiger partial charge in [-0.1, -0.05) is 0 Å². The monoisotopic (exact) mass is 347 g/mol. The zero-order valence-corrected chi connectivity index (χ0v) is 14.5. The molecule has 1 aromatic heterocycles. The van der Waals surface area contributed by atoms with Gasteiger partial charge in [-0.2, -0.15) is 4.98 Å². The summed E-state index contributed by atoms with van der Waals surface area (Å²) in [5.74, 6) is -1.31. The van der Waals surface area contributed by atoms with Crippen molar-refractivity contribution in [2.45, 2.75) is 12.2 Å². The Kier molecular flexibility index (Phi) is 8.62. The molecule has 0 spiro atoms. The van der Waals surface area contributed by atoms with Crippen molar-refractivity contribution in [2.24, 2.45) is 0 Å². The van der Waals surface area contributed by atoms with Gasteiger partial charge in [0.05, 0.1) is 6.61 Å². The summed E-state index contributed by atoms with van der Waals surface area (Å²) in [6, 6.07) is 1.14. The van der Waals surface area contributed by atoms with E-state index >= 15 is 0 Å². The molecule has 0 aliphatic carbocycles. The predicted octanol–water partition coefficient (Wildman–Crippen LogP) is -5.54. The van der Waals surface area contributed by atoms with Crippen LogP contribution in [0.1, 0.15) is 6.22 Å². The van der Waals surface area contributed by atoms with Crippen LogP contribution in [0.3, 0.4) is 0 Å². The molecule has 13 heteroatoms. The van der Waals surface area contributed by atoms with Gasteiger partial charge in [-0.15, -0.1) is 0 Å². The molecule has 1 aromatic rings. The van der Waals surface area contributed by atoms with Gasteiger partial charge < -0.3 is 31.9 Å². The number of carbonyl (C=O) groups is 1. The predicted molar refractivity (Wildman–Crippen MR) is 69.5 cm³/mol. The first-order valence-electron chi connectivity index (χ1n) is 5.50. The number of aliphatic hydroxyl groups excluding tert-OH is 2. The molecule has 120 valence electrons. The summed E-state index contributed by atoms with van der Waals surface area (Å²) in [6.07, 6.45) is -3.77. The number of nitrogen functional groups attached to an aromatic ring is 1. The Morgan fingerprint density at radius 1 is 1.55 bits per heavy atom. The molecule has 22 heavy (non-hydrogen) atoms. The van der Waals surface area contributed by atoms with Gasteiger partial charge >= 0.3 is 42.8 Å². The van der Waals surface area contributed by atoms with Crippen LogP contribution in [0.4, 0.5) is 5.82 Å². The van der Waals surface area contributed by atoms with Gasteiger partial charge in [-0.3, -0.25) is 9.36 Å². The minimum atomic E-state index is -4.54. The van der Waals surface area contributed by atoms with E-state index in [2.05, 4.69) is 9.72 Å². The number of hydrogen-bond acceptors (Lipinski definition) is 8. The molecule has 0 saturated carbocycles. The van der Waals surface area contributed by atoms with Crippen molar-refractivity contribution in [3.63, 3.8) is 0 Å². The summed E-state index contributed by atoms with van der Waals surface area (Å²) in [6.45, 7) is -0.899. The van der Waals surface area contributed by atoms with Crippen LogP contribution in [-0.2, 0) is 9.30 Å². The Balaban J connectivity index is 0. The van der Waals surface area contributed by atoms with Gasteiger partial charge in [0.1, 0.15) is 18.3 Å². The number of hydrogen-bond donors (Lipinski definition) is 5. The van der Waals surface area contributed by atoms with Gasteiger partial charge in [0.25, 0.3) is 5.91 Å². The number of rotatable bonds is 6. The molecular weight excluding hydrogens is 332 g/mol. The molecule has 0 bridgehead atoms. The molecule has 2 atom stereocenters. The van der Waals surface area contributed by atoms with E-state index in [0.717, 1.165) is 12.3 Å². The number of anilines is 1. The van der Waals surface area contributed by atoms with E-state index in [0.29, 0.717) is 4.57 Å². The smallest absolute Gasteiger partial charge is 1.00 e. The largest absolute Gasteiger partial charge is 1.00 e. The van der Waals surface area contributed by atoms with Gasteiger partial charge in [-0.25, -0.2) is 9.36 Å². The minimum absolute atomic E-state index is 0. The van der Waals surface area contributed by atoms with Gasteiger partial charge in [0, 0.05) is 6.20 Å². The van der Waals surface area contributed by atoms with Crippen LogP contribution in [0.2, 0.25) is 0 Å². The maximum absolute atomic E-state index is 11.8. The van der Waals surface area contributed by atoms with Crippen LogP contribution < -0.4 is 41.0 Å². The van der Waals surface area contributed by atoms with Crippen molar-refractivity contribution in [3.8, 4) is 0 Å². The van der Waals surface area contributed by atoms with E-state index in [-0.39, 0.29) is 36.8 Å². The standard InChI is InChI=1S/C9H14N3O8P.Na.H/c10-6-1-2-12(9(16)11-6)8(15)7(14)5(3-13)20-4-21(17,18)19;;/h1-2,5,7,13-14H,3-4H2,(H2,10,11,16)(H2,17,18,19);;/q;+1;-1/t5-,7+;;/m0../s1. The van der Waals surface area contributed by atoms with Crippen molar-refractivity contribution >= 4 is 19.3 Å². The Bertz CT molecular complexity index is 623. The molecule has 6 N–H and O–H groups in total. The van der Waals surface area contributed by atoms with E-state index in [1.165, 1.54) is 0 Å². The molecule has 0 aliphatic heterocycles. The summed E-state index contributed by atoms with van der Waals surface area (Å²) >= 11 is 0. The third kappa shape index (κ3) is 6.24. The molecule has 0 radical (unpaired) electrons. The van der Waals surface area contributed by atoms with Crippen LogP contribution >= 0.6 is 7.60 Å². The second kappa shape index (κ2) is 8.87. The van der Waals surface area contributed by atoms with E-state index in [4.69, 9.17) is 20.6 Å². The van der Waals surface area contributed by atoms with Crippen molar-refractivity contribution in [2.75, 3.05) is 18.7 Å². The van der Waals surface area contributed by atoms with Crippen LogP contribution in [0.25, 0.3) is 0 Å². The van der Waals surface area contributed by atoms with Gasteiger partial charge in [0.2, 0.25) is 0 Å². The zero-order valence-electron chi connectivity index (χ0n) is 12.6. The van der Waals surface area contributed by atoms with Crippen LogP contribution in [0.5, 0.6) is 0 Å². The van der Waals surface area contributed by atoms with Crippen LogP contribution in [-0.4, -0.2) is 60.6 Å². The first kappa shape index (κ1) is 21.4. The molecule has 1 rings (SSSR count). The summed E-state index contributed by atoms with van der Waals surface area (Å²) in [4.78, 5) is 43.8. The third-order valence-electron chi connectivity index (χ3n) is 2.30. The Labute approximate surface area is 147 Å². The molecular formula is C9H15N3NaO8P. The molecule has 0 amide bonds. The molecule has 0 aromatic carbocycles. The molecule has 11 nitrogen and oxygen atoms in total. The van der Waals surface area contributed by atoms with Crippen molar-refractivity contribution in [1.29, 1.82) is 0 Å². The third-order valence-corrected chi connectivity index (χ3v) is 2.79. The number of aromatic nitrogens is 2. The molecule has 0 fully saturated rings. The van der Waals surface area contributed by atoms with E-state index in [1.54, 1.807) is 0 Å². The second-order valence-electron chi connectivity index (χ2n) is 3.97. The average molecular weight is 347 g/mol. The summed E-state index contributed by atoms with van der Waals surface area (Å²) in [7, 11) is -4.54. The number of carbonyl (C=O) groups excluding carboxylic acids is 1. The number of nitrogens with zero attached hydrogens (tertiary/aromatic N) is 2. The minimum Gasteiger partial charge on any atom is -1.00 e. The maximum Gasteiger partial charge on any atom is 1.00 e. The van der Waals surface area contributed by atoms with E-state index in [9.17, 15) is 19.3 Å². The second-order valence-corrected chi connectivity index (χ2v) is 5.56. The molecule has 0 unspecified atom stereocenters. The fourth-order valence-corrected chi connectivity index (χ4v) is 1.71. The Morgan fingerprint density at radius 3 is 2.59 bits per heavy atom. The number of aliphatic hydroxyl groups is 2. The summed E-state index contributed by atoms with van der Waals surface area (Å²) < 4.78 is 15.7. The van der Waals surface area contributed by atoms with E-state index < -0.39 is 44.4 Å². The first-order valence-corrected chi connectivity index (χ1v) is 7.30. The number of ether oxygens (including phenoxy) is 1. The van der Waals surface area contributed by atoms with Gasteiger partial charge in [0.15, 0.2) is 6.10 Å². The van der Waals surface area contributed by atoms with Crippen LogP contribution in [0, 0.1) is 0 Å². The zero-order chi connectivity index (χ0) is 16.2. The van der Waals surface area contributed by atoms with Crippen molar-refractivity contribution in [3.05, 3.63) is 22.7 Å². The number of nitrogens with two attached hydrogens (primary N) is 1. The van der Waals surface area contributed by atoms with Crippen molar-refractivity contribution < 1.29 is 65.1 Å². The van der Waals surface area contributed by atoms with Crippen LogP contribution in [0.15, 0.2) is 17.1 Å². The molecule has 1 heterocycles. The summed E-state index contributed by atoms with van der Waals surface area (Å²) in [5.41, 5.74) is 4.19. The molecule has 0 aliphatic rings. The van der Waals surface area contributed by atoms with E-state index in [1.807, 2.05) is 0 Å². The van der Waals surface area contributed by atoms with Gasteiger partial charge in [-0.05, 0) is 6.07 Å². The SMILES string of the molecule is Nc1ccn(C(=O)[C@H](O)[C@H](CO)OCP(=O)(O)O)c(=O)n1.[H-].[Na+]. The molecule has 0 saturated heterocycles.